The maximum absolute atomic E-state index is 12.3. The molecule has 0 saturated carbocycles. The molecule has 6 nitrogen and oxygen atoms in total. The number of amides is 1. The maximum Gasteiger partial charge on any atom is 0.257 e. The number of hydrogen-bond donors (Lipinski definition) is 2. The van der Waals surface area contributed by atoms with Crippen molar-refractivity contribution in [3.05, 3.63) is 17.5 Å². The zero-order valence-electron chi connectivity index (χ0n) is 12.2. The van der Waals surface area contributed by atoms with Crippen LogP contribution in [0.25, 0.3) is 0 Å². The molecule has 6 heteroatoms. The van der Waals surface area contributed by atoms with Gasteiger partial charge in [-0.25, -0.2) is 0 Å². The molecule has 0 unspecified atom stereocenters. The molecule has 0 aromatic carbocycles. The van der Waals surface area contributed by atoms with Gasteiger partial charge in [-0.15, -0.1) is 0 Å². The van der Waals surface area contributed by atoms with E-state index >= 15 is 0 Å². The van der Waals surface area contributed by atoms with Gasteiger partial charge in [0.25, 0.3) is 5.91 Å². The van der Waals surface area contributed by atoms with Crippen molar-refractivity contribution in [2.75, 3.05) is 20.1 Å². The van der Waals surface area contributed by atoms with Crippen molar-refractivity contribution < 1.29 is 9.90 Å². The summed E-state index contributed by atoms with van der Waals surface area (Å²) in [4.78, 5) is 13.8. The van der Waals surface area contributed by atoms with Crippen LogP contribution in [0.3, 0.4) is 0 Å². The minimum atomic E-state index is -0.909. The summed E-state index contributed by atoms with van der Waals surface area (Å²) < 4.78 is 1.79. The van der Waals surface area contributed by atoms with Crippen molar-refractivity contribution in [1.29, 1.82) is 0 Å². The lowest BCUT2D eigenvalue weighted by molar-refractivity contribution is 0.0367. The third kappa shape index (κ3) is 4.33. The van der Waals surface area contributed by atoms with Gasteiger partial charge in [-0.2, -0.15) is 5.10 Å². The number of aromatic nitrogens is 2. The minimum absolute atomic E-state index is 0.126. The fourth-order valence-corrected chi connectivity index (χ4v) is 1.98. The predicted octanol–water partition coefficient (Wildman–Crippen LogP) is 0.383. The van der Waals surface area contributed by atoms with Crippen LogP contribution >= 0.6 is 0 Å². The van der Waals surface area contributed by atoms with Crippen LogP contribution in [0.2, 0.25) is 0 Å². The Labute approximate surface area is 114 Å². The molecule has 0 spiro atoms. The third-order valence-electron chi connectivity index (χ3n) is 2.88. The summed E-state index contributed by atoms with van der Waals surface area (Å²) in [6, 6.07) is 0. The monoisotopic (exact) mass is 268 g/mol. The lowest BCUT2D eigenvalue weighted by Crippen LogP contribution is -2.39. The van der Waals surface area contributed by atoms with Crippen molar-refractivity contribution in [2.45, 2.75) is 39.3 Å². The van der Waals surface area contributed by atoms with Crippen LogP contribution in [0, 0.1) is 6.92 Å². The fourth-order valence-electron chi connectivity index (χ4n) is 1.98. The second-order valence-electron chi connectivity index (χ2n) is 5.48. The standard InChI is InChI=1S/C13H24N4O2/c1-10-11(8-15-17(10)7-5-6-14)12(18)16(4)9-13(2,3)19/h8,19H,5-7,9,14H2,1-4H3. The summed E-state index contributed by atoms with van der Waals surface area (Å²) in [7, 11) is 1.68. The van der Waals surface area contributed by atoms with Gasteiger partial charge in [0.05, 0.1) is 17.4 Å². The van der Waals surface area contributed by atoms with Gasteiger partial charge in [0.1, 0.15) is 0 Å². The van der Waals surface area contributed by atoms with E-state index in [2.05, 4.69) is 5.10 Å². The molecule has 1 aromatic heterocycles. The van der Waals surface area contributed by atoms with E-state index in [1.165, 1.54) is 4.90 Å². The average Bonchev–Trinajstić information content (AvgIpc) is 2.65. The summed E-state index contributed by atoms with van der Waals surface area (Å²) in [5.74, 6) is -0.126. The van der Waals surface area contributed by atoms with Crippen molar-refractivity contribution in [3.63, 3.8) is 0 Å². The van der Waals surface area contributed by atoms with E-state index in [0.717, 1.165) is 12.1 Å². The first kappa shape index (κ1) is 15.7. The molecule has 0 saturated heterocycles. The Hall–Kier alpha value is -1.40. The van der Waals surface area contributed by atoms with Crippen LogP contribution < -0.4 is 5.73 Å². The number of carbonyl (C=O) groups excluding carboxylic acids is 1. The molecule has 1 heterocycles. The molecule has 1 rings (SSSR count). The Bertz CT molecular complexity index is 434. The van der Waals surface area contributed by atoms with Crippen LogP contribution in [0.4, 0.5) is 0 Å². The Kier molecular flexibility index (Phi) is 5.08. The number of carbonyl (C=O) groups is 1. The summed E-state index contributed by atoms with van der Waals surface area (Å²) in [5, 5.41) is 14.0. The number of likely N-dealkylation sites (N-methyl/N-ethyl adjacent to an activating group) is 1. The number of hydrogen-bond acceptors (Lipinski definition) is 4. The Balaban J connectivity index is 2.80. The molecule has 0 atom stereocenters. The minimum Gasteiger partial charge on any atom is -0.389 e. The zero-order chi connectivity index (χ0) is 14.6. The molecular formula is C13H24N4O2. The molecular weight excluding hydrogens is 244 g/mol. The first-order chi connectivity index (χ1) is 8.76. The van der Waals surface area contributed by atoms with Gasteiger partial charge < -0.3 is 15.7 Å². The average molecular weight is 268 g/mol. The lowest BCUT2D eigenvalue weighted by Gasteiger charge is -2.25. The topological polar surface area (TPSA) is 84.4 Å². The molecule has 3 N–H and O–H groups in total. The normalized spacial score (nSPS) is 11.7. The van der Waals surface area contributed by atoms with E-state index in [0.29, 0.717) is 18.7 Å². The highest BCUT2D eigenvalue weighted by Gasteiger charge is 2.23. The molecule has 19 heavy (non-hydrogen) atoms. The Morgan fingerprint density at radius 2 is 2.21 bits per heavy atom. The summed E-state index contributed by atoms with van der Waals surface area (Å²) in [6.45, 7) is 6.81. The van der Waals surface area contributed by atoms with Gasteiger partial charge in [0.2, 0.25) is 0 Å². The lowest BCUT2D eigenvalue weighted by atomic mass is 10.1. The molecule has 108 valence electrons. The second-order valence-corrected chi connectivity index (χ2v) is 5.48. The smallest absolute Gasteiger partial charge is 0.257 e. The van der Waals surface area contributed by atoms with Crippen molar-refractivity contribution in [1.82, 2.24) is 14.7 Å². The molecule has 1 aromatic rings. The zero-order valence-corrected chi connectivity index (χ0v) is 12.2. The first-order valence-corrected chi connectivity index (χ1v) is 6.46. The van der Waals surface area contributed by atoms with Gasteiger partial charge in [-0.1, -0.05) is 0 Å². The summed E-state index contributed by atoms with van der Waals surface area (Å²) in [6.07, 6.45) is 2.41. The van der Waals surface area contributed by atoms with Crippen LogP contribution in [-0.2, 0) is 6.54 Å². The summed E-state index contributed by atoms with van der Waals surface area (Å²) in [5.41, 5.74) is 5.96. The molecule has 0 aliphatic heterocycles. The van der Waals surface area contributed by atoms with Gasteiger partial charge in [-0.05, 0) is 33.7 Å². The highest BCUT2D eigenvalue weighted by Crippen LogP contribution is 2.12. The molecule has 0 fully saturated rings. The number of aliphatic hydroxyl groups is 1. The van der Waals surface area contributed by atoms with Gasteiger partial charge in [-0.3, -0.25) is 9.48 Å². The van der Waals surface area contributed by atoms with Gasteiger partial charge in [0, 0.05) is 25.8 Å². The number of nitrogens with zero attached hydrogens (tertiary/aromatic N) is 3. The Morgan fingerprint density at radius 1 is 1.58 bits per heavy atom. The van der Waals surface area contributed by atoms with E-state index in [9.17, 15) is 9.90 Å². The third-order valence-corrected chi connectivity index (χ3v) is 2.88. The largest absolute Gasteiger partial charge is 0.389 e. The van der Waals surface area contributed by atoms with E-state index in [-0.39, 0.29) is 12.5 Å². The van der Waals surface area contributed by atoms with Crippen LogP contribution in [0.1, 0.15) is 36.3 Å². The number of rotatable bonds is 6. The first-order valence-electron chi connectivity index (χ1n) is 6.46. The molecule has 0 bridgehead atoms. The molecule has 0 aliphatic rings. The Morgan fingerprint density at radius 3 is 2.74 bits per heavy atom. The molecule has 0 radical (unpaired) electrons. The van der Waals surface area contributed by atoms with E-state index < -0.39 is 5.60 Å². The van der Waals surface area contributed by atoms with Crippen LogP contribution in [0.15, 0.2) is 6.20 Å². The highest BCUT2D eigenvalue weighted by atomic mass is 16.3. The van der Waals surface area contributed by atoms with E-state index in [1.54, 1.807) is 31.8 Å². The predicted molar refractivity (Wildman–Crippen MR) is 73.9 cm³/mol. The highest BCUT2D eigenvalue weighted by molar-refractivity contribution is 5.94. The fraction of sp³-hybridized carbons (Fsp3) is 0.692. The second kappa shape index (κ2) is 6.16. The van der Waals surface area contributed by atoms with Gasteiger partial charge in [0.15, 0.2) is 0 Å². The SMILES string of the molecule is Cc1c(C(=O)N(C)CC(C)(C)O)cnn1CCCN. The van der Waals surface area contributed by atoms with Crippen molar-refractivity contribution in [2.24, 2.45) is 5.73 Å². The quantitative estimate of drug-likeness (QED) is 0.781. The van der Waals surface area contributed by atoms with E-state index in [1.807, 2.05) is 6.92 Å². The molecule has 0 aliphatic carbocycles. The maximum atomic E-state index is 12.3. The van der Waals surface area contributed by atoms with Crippen LogP contribution in [0.5, 0.6) is 0 Å². The number of nitrogens with two attached hydrogens (primary N) is 1. The summed E-state index contributed by atoms with van der Waals surface area (Å²) >= 11 is 0. The van der Waals surface area contributed by atoms with Crippen molar-refractivity contribution in [3.8, 4) is 0 Å². The van der Waals surface area contributed by atoms with E-state index in [4.69, 9.17) is 5.73 Å². The molecule has 1 amide bonds. The number of aryl methyl sites for hydroxylation is 1. The van der Waals surface area contributed by atoms with Crippen molar-refractivity contribution >= 4 is 5.91 Å². The van der Waals surface area contributed by atoms with Crippen LogP contribution in [-0.4, -0.2) is 51.4 Å². The van der Waals surface area contributed by atoms with Gasteiger partial charge >= 0.3 is 0 Å².